The topological polar surface area (TPSA) is 110 Å². The lowest BCUT2D eigenvalue weighted by molar-refractivity contribution is -0.384. The van der Waals surface area contributed by atoms with E-state index < -0.39 is 4.92 Å². The summed E-state index contributed by atoms with van der Waals surface area (Å²) >= 11 is 0. The molecule has 8 heteroatoms. The first-order chi connectivity index (χ1) is 10.1. The van der Waals surface area contributed by atoms with E-state index in [1.54, 1.807) is 12.1 Å². The van der Waals surface area contributed by atoms with Crippen molar-refractivity contribution in [3.8, 4) is 5.75 Å². The molecule has 110 valence electrons. The molecule has 8 nitrogen and oxygen atoms in total. The SMILES string of the molecule is COc1c(NCCc2ccc([N+](=O)[O-])cc2)nc[nH]c1=O. The van der Waals surface area contributed by atoms with E-state index in [1.165, 1.54) is 25.6 Å². The van der Waals surface area contributed by atoms with Crippen LogP contribution >= 0.6 is 0 Å². The van der Waals surface area contributed by atoms with Crippen molar-refractivity contribution in [2.24, 2.45) is 0 Å². The van der Waals surface area contributed by atoms with Crippen LogP contribution in [-0.2, 0) is 6.42 Å². The number of nitro groups is 1. The van der Waals surface area contributed by atoms with E-state index in [0.717, 1.165) is 5.56 Å². The third kappa shape index (κ3) is 3.56. The Hall–Kier alpha value is -2.90. The summed E-state index contributed by atoms with van der Waals surface area (Å²) in [5.41, 5.74) is 0.645. The zero-order valence-corrected chi connectivity index (χ0v) is 11.3. The number of methoxy groups -OCH3 is 1. The Morgan fingerprint density at radius 2 is 2.10 bits per heavy atom. The number of nitro benzene ring substituents is 1. The molecule has 2 rings (SSSR count). The lowest BCUT2D eigenvalue weighted by Gasteiger charge is -2.08. The van der Waals surface area contributed by atoms with Gasteiger partial charge in [-0.3, -0.25) is 14.9 Å². The summed E-state index contributed by atoms with van der Waals surface area (Å²) in [7, 11) is 1.40. The van der Waals surface area contributed by atoms with Crippen LogP contribution in [0.1, 0.15) is 5.56 Å². The molecular weight excluding hydrogens is 276 g/mol. The second-order valence-electron chi connectivity index (χ2n) is 4.21. The first kappa shape index (κ1) is 14.5. The highest BCUT2D eigenvalue weighted by Crippen LogP contribution is 2.15. The molecule has 0 amide bonds. The molecule has 0 aliphatic rings. The molecule has 0 aliphatic heterocycles. The second-order valence-corrected chi connectivity index (χ2v) is 4.21. The number of aromatic nitrogens is 2. The molecule has 0 saturated carbocycles. The Morgan fingerprint density at radius 1 is 1.38 bits per heavy atom. The second kappa shape index (κ2) is 6.51. The molecule has 0 saturated heterocycles. The zero-order chi connectivity index (χ0) is 15.2. The van der Waals surface area contributed by atoms with Crippen LogP contribution in [0.4, 0.5) is 11.5 Å². The number of benzene rings is 1. The molecule has 1 aromatic heterocycles. The molecule has 0 radical (unpaired) electrons. The largest absolute Gasteiger partial charge is 0.489 e. The van der Waals surface area contributed by atoms with Crippen molar-refractivity contribution >= 4 is 11.5 Å². The average Bonchev–Trinajstić information content (AvgIpc) is 2.48. The minimum absolute atomic E-state index is 0.0599. The summed E-state index contributed by atoms with van der Waals surface area (Å²) in [4.78, 5) is 28.0. The van der Waals surface area contributed by atoms with Crippen molar-refractivity contribution in [1.82, 2.24) is 9.97 Å². The van der Waals surface area contributed by atoms with E-state index in [4.69, 9.17) is 4.74 Å². The Morgan fingerprint density at radius 3 is 2.71 bits per heavy atom. The number of aromatic amines is 1. The highest BCUT2D eigenvalue weighted by Gasteiger charge is 2.08. The van der Waals surface area contributed by atoms with E-state index >= 15 is 0 Å². The molecule has 0 fully saturated rings. The lowest BCUT2D eigenvalue weighted by atomic mass is 10.1. The Labute approximate surface area is 120 Å². The van der Waals surface area contributed by atoms with Gasteiger partial charge in [-0.05, 0) is 12.0 Å². The number of hydrogen-bond donors (Lipinski definition) is 2. The van der Waals surface area contributed by atoms with Gasteiger partial charge in [0.25, 0.3) is 11.2 Å². The van der Waals surface area contributed by atoms with E-state index in [1.807, 2.05) is 0 Å². The molecule has 0 unspecified atom stereocenters. The maximum absolute atomic E-state index is 11.5. The number of non-ortho nitro benzene ring substituents is 1. The standard InChI is InChI=1S/C13H14N4O4/c1-21-11-12(15-8-16-13(11)18)14-7-6-9-2-4-10(5-3-9)17(19)20/h2-5,8H,6-7H2,1H3,(H2,14,15,16,18). The van der Waals surface area contributed by atoms with Crippen molar-refractivity contribution in [3.63, 3.8) is 0 Å². The minimum atomic E-state index is -0.437. The van der Waals surface area contributed by atoms with Crippen LogP contribution in [0.2, 0.25) is 0 Å². The predicted molar refractivity (Wildman–Crippen MR) is 76.7 cm³/mol. The number of H-pyrrole nitrogens is 1. The molecule has 0 bridgehead atoms. The van der Waals surface area contributed by atoms with Crippen LogP contribution in [-0.4, -0.2) is 28.5 Å². The normalized spacial score (nSPS) is 10.1. The quantitative estimate of drug-likeness (QED) is 0.613. The fraction of sp³-hybridized carbons (Fsp3) is 0.231. The van der Waals surface area contributed by atoms with Gasteiger partial charge in [0.05, 0.1) is 18.4 Å². The van der Waals surface area contributed by atoms with Gasteiger partial charge in [-0.2, -0.15) is 0 Å². The fourth-order valence-corrected chi connectivity index (χ4v) is 1.81. The number of anilines is 1. The van der Waals surface area contributed by atoms with Crippen molar-refractivity contribution in [3.05, 3.63) is 56.6 Å². The summed E-state index contributed by atoms with van der Waals surface area (Å²) in [6, 6.07) is 6.31. The van der Waals surface area contributed by atoms with Crippen LogP contribution in [0.3, 0.4) is 0 Å². The first-order valence-electron chi connectivity index (χ1n) is 6.20. The van der Waals surface area contributed by atoms with Crippen molar-refractivity contribution in [2.75, 3.05) is 19.0 Å². The Bertz CT molecular complexity index is 681. The third-order valence-corrected chi connectivity index (χ3v) is 2.87. The summed E-state index contributed by atoms with van der Waals surface area (Å²) in [5.74, 6) is 0.490. The van der Waals surface area contributed by atoms with Gasteiger partial charge < -0.3 is 15.0 Å². The number of nitrogens with zero attached hydrogens (tertiary/aromatic N) is 2. The van der Waals surface area contributed by atoms with Gasteiger partial charge in [0, 0.05) is 18.7 Å². The Kier molecular flexibility index (Phi) is 4.50. The molecule has 0 aliphatic carbocycles. The Balaban J connectivity index is 1.97. The summed E-state index contributed by atoms with van der Waals surface area (Å²) in [5, 5.41) is 13.6. The highest BCUT2D eigenvalue weighted by molar-refractivity contribution is 5.47. The first-order valence-corrected chi connectivity index (χ1v) is 6.20. The lowest BCUT2D eigenvalue weighted by Crippen LogP contribution is -2.15. The van der Waals surface area contributed by atoms with Crippen molar-refractivity contribution in [2.45, 2.75) is 6.42 Å². The molecule has 2 N–H and O–H groups in total. The van der Waals surface area contributed by atoms with Gasteiger partial charge in [0.2, 0.25) is 5.75 Å². The molecule has 1 heterocycles. The molecule has 2 aromatic rings. The van der Waals surface area contributed by atoms with Gasteiger partial charge in [-0.15, -0.1) is 0 Å². The highest BCUT2D eigenvalue weighted by atomic mass is 16.6. The number of nitrogens with one attached hydrogen (secondary N) is 2. The predicted octanol–water partition coefficient (Wildman–Crippen LogP) is 1.34. The summed E-state index contributed by atoms with van der Waals surface area (Å²) in [6.07, 6.45) is 1.93. The van der Waals surface area contributed by atoms with E-state index in [2.05, 4.69) is 15.3 Å². The van der Waals surface area contributed by atoms with Gasteiger partial charge in [0.15, 0.2) is 5.82 Å². The van der Waals surface area contributed by atoms with Gasteiger partial charge in [0.1, 0.15) is 0 Å². The summed E-state index contributed by atoms with van der Waals surface area (Å²) in [6.45, 7) is 0.518. The zero-order valence-electron chi connectivity index (χ0n) is 11.3. The maximum Gasteiger partial charge on any atom is 0.295 e. The maximum atomic E-state index is 11.5. The van der Waals surface area contributed by atoms with Crippen LogP contribution in [0.15, 0.2) is 35.4 Å². The number of ether oxygens (including phenoxy) is 1. The van der Waals surface area contributed by atoms with Crippen LogP contribution < -0.4 is 15.6 Å². The summed E-state index contributed by atoms with van der Waals surface area (Å²) < 4.78 is 4.98. The molecule has 0 atom stereocenters. The van der Waals surface area contributed by atoms with Gasteiger partial charge in [-0.25, -0.2) is 4.98 Å². The molecule has 21 heavy (non-hydrogen) atoms. The number of rotatable bonds is 6. The van der Waals surface area contributed by atoms with Crippen molar-refractivity contribution in [1.29, 1.82) is 0 Å². The van der Waals surface area contributed by atoms with Gasteiger partial charge >= 0.3 is 0 Å². The van der Waals surface area contributed by atoms with Crippen LogP contribution in [0.25, 0.3) is 0 Å². The van der Waals surface area contributed by atoms with E-state index in [0.29, 0.717) is 18.8 Å². The monoisotopic (exact) mass is 290 g/mol. The third-order valence-electron chi connectivity index (χ3n) is 2.87. The molecular formula is C13H14N4O4. The minimum Gasteiger partial charge on any atom is -0.489 e. The number of hydrogen-bond acceptors (Lipinski definition) is 6. The van der Waals surface area contributed by atoms with Crippen LogP contribution in [0, 0.1) is 10.1 Å². The fourth-order valence-electron chi connectivity index (χ4n) is 1.81. The van der Waals surface area contributed by atoms with Crippen molar-refractivity contribution < 1.29 is 9.66 Å². The average molecular weight is 290 g/mol. The molecule has 0 spiro atoms. The van der Waals surface area contributed by atoms with E-state index in [9.17, 15) is 14.9 Å². The van der Waals surface area contributed by atoms with E-state index in [-0.39, 0.29) is 17.0 Å². The molecule has 1 aromatic carbocycles. The smallest absolute Gasteiger partial charge is 0.295 e. The van der Waals surface area contributed by atoms with Gasteiger partial charge in [-0.1, -0.05) is 12.1 Å². The van der Waals surface area contributed by atoms with Crippen LogP contribution in [0.5, 0.6) is 5.75 Å².